The summed E-state index contributed by atoms with van der Waals surface area (Å²) < 4.78 is 0. The second kappa shape index (κ2) is 6.12. The van der Waals surface area contributed by atoms with Crippen molar-refractivity contribution in [3.05, 3.63) is 71.8 Å². The fourth-order valence-electron chi connectivity index (χ4n) is 4.08. The molecule has 0 saturated carbocycles. The molecular formula is C22H26. The zero-order valence-electron chi connectivity index (χ0n) is 13.9. The van der Waals surface area contributed by atoms with Crippen LogP contribution in [0.2, 0.25) is 0 Å². The lowest BCUT2D eigenvalue weighted by Gasteiger charge is -2.33. The predicted molar refractivity (Wildman–Crippen MR) is 96.2 cm³/mol. The minimum absolute atomic E-state index is 0.0148. The monoisotopic (exact) mass is 290 g/mol. The Kier molecular flexibility index (Phi) is 4.20. The Morgan fingerprint density at radius 1 is 0.864 bits per heavy atom. The number of unbranched alkanes of at least 4 members (excludes halogenated alkanes) is 3. The molecule has 0 bridgehead atoms. The number of benzene rings is 2. The maximum Gasteiger partial charge on any atom is 0.0418 e. The standard InChI is InChI=1S/C22H26/c1-4-5-6-11-16-22(17(2)3)20-14-9-7-12-18(20)19-13-8-10-15-21(19)22/h7-10,12-15H,2,4-6,11,16H2,1,3H3. The Hall–Kier alpha value is -1.82. The van der Waals surface area contributed by atoms with Crippen LogP contribution < -0.4 is 0 Å². The summed E-state index contributed by atoms with van der Waals surface area (Å²) in [5, 5.41) is 0. The highest BCUT2D eigenvalue weighted by Crippen LogP contribution is 2.54. The zero-order valence-corrected chi connectivity index (χ0v) is 13.9. The summed E-state index contributed by atoms with van der Waals surface area (Å²) >= 11 is 0. The quantitative estimate of drug-likeness (QED) is 0.421. The van der Waals surface area contributed by atoms with Crippen molar-refractivity contribution >= 4 is 0 Å². The van der Waals surface area contributed by atoms with Crippen LogP contribution >= 0.6 is 0 Å². The van der Waals surface area contributed by atoms with Crippen LogP contribution in [0, 0.1) is 0 Å². The Labute approximate surface area is 134 Å². The Balaban J connectivity index is 2.10. The van der Waals surface area contributed by atoms with E-state index in [1.54, 1.807) is 0 Å². The topological polar surface area (TPSA) is 0 Å². The molecule has 0 radical (unpaired) electrons. The number of rotatable bonds is 6. The number of hydrogen-bond donors (Lipinski definition) is 0. The van der Waals surface area contributed by atoms with Crippen LogP contribution in [0.3, 0.4) is 0 Å². The van der Waals surface area contributed by atoms with Crippen LogP contribution in [0.15, 0.2) is 60.7 Å². The molecule has 0 spiro atoms. The van der Waals surface area contributed by atoms with Gasteiger partial charge in [0, 0.05) is 5.41 Å². The fraction of sp³-hybridized carbons (Fsp3) is 0.364. The molecule has 2 aromatic rings. The van der Waals surface area contributed by atoms with Crippen LogP contribution in [0.1, 0.15) is 57.1 Å². The molecule has 0 unspecified atom stereocenters. The molecule has 0 amide bonds. The van der Waals surface area contributed by atoms with Gasteiger partial charge in [0.25, 0.3) is 0 Å². The van der Waals surface area contributed by atoms with E-state index >= 15 is 0 Å². The molecule has 114 valence electrons. The van der Waals surface area contributed by atoms with Gasteiger partial charge in [-0.3, -0.25) is 0 Å². The van der Waals surface area contributed by atoms with E-state index < -0.39 is 0 Å². The van der Waals surface area contributed by atoms with Crippen molar-refractivity contribution in [2.24, 2.45) is 0 Å². The predicted octanol–water partition coefficient (Wildman–Crippen LogP) is 6.50. The van der Waals surface area contributed by atoms with Crippen LogP contribution in [-0.2, 0) is 5.41 Å². The normalized spacial score (nSPS) is 14.5. The van der Waals surface area contributed by atoms with Crippen LogP contribution in [0.25, 0.3) is 11.1 Å². The molecule has 0 saturated heterocycles. The van der Waals surface area contributed by atoms with Gasteiger partial charge in [0.15, 0.2) is 0 Å². The minimum Gasteiger partial charge on any atom is -0.0989 e. The third-order valence-electron chi connectivity index (χ3n) is 5.20. The molecule has 0 fully saturated rings. The molecule has 1 aliphatic rings. The van der Waals surface area contributed by atoms with Crippen molar-refractivity contribution in [2.75, 3.05) is 0 Å². The van der Waals surface area contributed by atoms with Gasteiger partial charge >= 0.3 is 0 Å². The third-order valence-corrected chi connectivity index (χ3v) is 5.20. The summed E-state index contributed by atoms with van der Waals surface area (Å²) in [6.45, 7) is 8.89. The van der Waals surface area contributed by atoms with Crippen molar-refractivity contribution in [2.45, 2.75) is 51.4 Å². The maximum atomic E-state index is 4.41. The summed E-state index contributed by atoms with van der Waals surface area (Å²) in [6, 6.07) is 17.8. The van der Waals surface area contributed by atoms with Crippen molar-refractivity contribution < 1.29 is 0 Å². The second-order valence-electron chi connectivity index (χ2n) is 6.59. The number of hydrogen-bond acceptors (Lipinski definition) is 0. The minimum atomic E-state index is 0.0148. The molecule has 0 heterocycles. The average molecular weight is 290 g/mol. The SMILES string of the molecule is C=C(C)C1(CCCCCC)c2ccccc2-c2ccccc21. The molecule has 22 heavy (non-hydrogen) atoms. The molecule has 0 nitrogen and oxygen atoms in total. The lowest BCUT2D eigenvalue weighted by Crippen LogP contribution is -2.26. The van der Waals surface area contributed by atoms with Gasteiger partial charge < -0.3 is 0 Å². The Morgan fingerprint density at radius 3 is 1.91 bits per heavy atom. The molecule has 0 heteroatoms. The zero-order chi connectivity index (χ0) is 15.6. The first kappa shape index (κ1) is 15.1. The van der Waals surface area contributed by atoms with E-state index in [4.69, 9.17) is 0 Å². The van der Waals surface area contributed by atoms with Gasteiger partial charge in [-0.25, -0.2) is 0 Å². The smallest absolute Gasteiger partial charge is 0.0418 e. The molecular weight excluding hydrogens is 264 g/mol. The molecule has 3 rings (SSSR count). The van der Waals surface area contributed by atoms with Gasteiger partial charge in [-0.1, -0.05) is 93.3 Å². The molecule has 0 aromatic heterocycles. The van der Waals surface area contributed by atoms with Gasteiger partial charge in [0.05, 0.1) is 0 Å². The van der Waals surface area contributed by atoms with Gasteiger partial charge in [0.1, 0.15) is 0 Å². The third kappa shape index (κ3) is 2.22. The number of fused-ring (bicyclic) bond motifs is 3. The van der Waals surface area contributed by atoms with E-state index in [0.717, 1.165) is 0 Å². The van der Waals surface area contributed by atoms with Crippen molar-refractivity contribution in [3.8, 4) is 11.1 Å². The van der Waals surface area contributed by atoms with Crippen LogP contribution in [-0.4, -0.2) is 0 Å². The lowest BCUT2D eigenvalue weighted by molar-refractivity contribution is 0.509. The largest absolute Gasteiger partial charge is 0.0989 e. The first-order valence-electron chi connectivity index (χ1n) is 8.57. The van der Waals surface area contributed by atoms with Crippen LogP contribution in [0.5, 0.6) is 0 Å². The van der Waals surface area contributed by atoms with E-state index in [9.17, 15) is 0 Å². The molecule has 0 atom stereocenters. The molecule has 2 aromatic carbocycles. The van der Waals surface area contributed by atoms with E-state index in [1.807, 2.05) is 0 Å². The first-order chi connectivity index (χ1) is 10.7. The Bertz CT molecular complexity index is 632. The van der Waals surface area contributed by atoms with E-state index in [0.29, 0.717) is 0 Å². The second-order valence-corrected chi connectivity index (χ2v) is 6.59. The molecule has 0 N–H and O–H groups in total. The van der Waals surface area contributed by atoms with E-state index in [1.165, 1.54) is 59.9 Å². The van der Waals surface area contributed by atoms with Crippen LogP contribution in [0.4, 0.5) is 0 Å². The number of allylic oxidation sites excluding steroid dienone is 1. The molecule has 1 aliphatic carbocycles. The highest BCUT2D eigenvalue weighted by molar-refractivity contribution is 5.82. The van der Waals surface area contributed by atoms with E-state index in [2.05, 4.69) is 69.0 Å². The van der Waals surface area contributed by atoms with Gasteiger partial charge in [-0.15, -0.1) is 0 Å². The highest BCUT2D eigenvalue weighted by Gasteiger charge is 2.42. The average Bonchev–Trinajstić information content (AvgIpc) is 2.83. The summed E-state index contributed by atoms with van der Waals surface area (Å²) in [4.78, 5) is 0. The van der Waals surface area contributed by atoms with Gasteiger partial charge in [0.2, 0.25) is 0 Å². The molecule has 0 aliphatic heterocycles. The van der Waals surface area contributed by atoms with E-state index in [-0.39, 0.29) is 5.41 Å². The summed E-state index contributed by atoms with van der Waals surface area (Å²) in [7, 11) is 0. The van der Waals surface area contributed by atoms with Crippen molar-refractivity contribution in [3.63, 3.8) is 0 Å². The fourth-order valence-corrected chi connectivity index (χ4v) is 4.08. The maximum absolute atomic E-state index is 4.41. The highest BCUT2D eigenvalue weighted by atomic mass is 14.4. The summed E-state index contributed by atoms with van der Waals surface area (Å²) in [5.41, 5.74) is 7.01. The summed E-state index contributed by atoms with van der Waals surface area (Å²) in [5.74, 6) is 0. The Morgan fingerprint density at radius 2 is 1.41 bits per heavy atom. The van der Waals surface area contributed by atoms with Gasteiger partial charge in [-0.2, -0.15) is 0 Å². The van der Waals surface area contributed by atoms with Crippen molar-refractivity contribution in [1.82, 2.24) is 0 Å². The first-order valence-corrected chi connectivity index (χ1v) is 8.57. The van der Waals surface area contributed by atoms with Crippen molar-refractivity contribution in [1.29, 1.82) is 0 Å². The lowest BCUT2D eigenvalue weighted by atomic mass is 9.70. The summed E-state index contributed by atoms with van der Waals surface area (Å²) in [6.07, 6.45) is 6.37. The van der Waals surface area contributed by atoms with Gasteiger partial charge in [-0.05, 0) is 35.6 Å².